The summed E-state index contributed by atoms with van der Waals surface area (Å²) in [5, 5.41) is 2.65. The minimum absolute atomic E-state index is 0.0317. The van der Waals surface area contributed by atoms with Crippen molar-refractivity contribution >= 4 is 31.6 Å². The molecule has 3 N–H and O–H groups in total. The molecule has 0 saturated carbocycles. The standard InChI is InChI=1S/C20H25N3O5S2/c1-4-14-21-29(25,26)18-10-6-16(7-11-18)20(24)22-17-8-12-19(13-9-17)30(27,28)23-15(3)5-2/h4,6-13,15,21,23H,1,5,14H2,2-3H3,(H,22,24). The van der Waals surface area contributed by atoms with Crippen LogP contribution in [0.1, 0.15) is 30.6 Å². The molecule has 0 aliphatic heterocycles. The van der Waals surface area contributed by atoms with Crippen LogP contribution in [0.3, 0.4) is 0 Å². The van der Waals surface area contributed by atoms with Crippen molar-refractivity contribution in [3.05, 3.63) is 66.7 Å². The van der Waals surface area contributed by atoms with Crippen LogP contribution in [0.15, 0.2) is 71.0 Å². The lowest BCUT2D eigenvalue weighted by molar-refractivity contribution is 0.102. The Morgan fingerprint density at radius 3 is 2.03 bits per heavy atom. The second-order valence-electron chi connectivity index (χ2n) is 6.57. The maximum atomic E-state index is 12.4. The van der Waals surface area contributed by atoms with Crippen LogP contribution in [-0.2, 0) is 20.0 Å². The van der Waals surface area contributed by atoms with Crippen molar-refractivity contribution in [2.75, 3.05) is 11.9 Å². The molecular formula is C20H25N3O5S2. The van der Waals surface area contributed by atoms with Gasteiger partial charge in [-0.2, -0.15) is 0 Å². The smallest absolute Gasteiger partial charge is 0.255 e. The molecule has 2 aromatic rings. The van der Waals surface area contributed by atoms with E-state index in [1.807, 2.05) is 6.92 Å². The Morgan fingerprint density at radius 1 is 0.967 bits per heavy atom. The van der Waals surface area contributed by atoms with Gasteiger partial charge < -0.3 is 5.32 Å². The zero-order chi connectivity index (χ0) is 22.4. The van der Waals surface area contributed by atoms with Crippen LogP contribution in [0.2, 0.25) is 0 Å². The molecule has 30 heavy (non-hydrogen) atoms. The lowest BCUT2D eigenvalue weighted by Crippen LogP contribution is -2.31. The number of hydrogen-bond acceptors (Lipinski definition) is 5. The van der Waals surface area contributed by atoms with Gasteiger partial charge in [0.1, 0.15) is 0 Å². The third-order valence-electron chi connectivity index (χ3n) is 4.24. The average Bonchev–Trinajstić information content (AvgIpc) is 2.72. The highest BCUT2D eigenvalue weighted by atomic mass is 32.2. The van der Waals surface area contributed by atoms with E-state index in [0.717, 1.165) is 0 Å². The molecule has 2 rings (SSSR count). The highest BCUT2D eigenvalue weighted by Crippen LogP contribution is 2.17. The number of sulfonamides is 2. The molecule has 1 unspecified atom stereocenters. The van der Waals surface area contributed by atoms with Crippen LogP contribution in [0, 0.1) is 0 Å². The average molecular weight is 452 g/mol. The van der Waals surface area contributed by atoms with E-state index in [1.165, 1.54) is 54.6 Å². The zero-order valence-electron chi connectivity index (χ0n) is 16.8. The van der Waals surface area contributed by atoms with Gasteiger partial charge in [0.25, 0.3) is 5.91 Å². The van der Waals surface area contributed by atoms with E-state index in [9.17, 15) is 21.6 Å². The Bertz CT molecular complexity index is 1090. The summed E-state index contributed by atoms with van der Waals surface area (Å²) in [4.78, 5) is 12.5. The van der Waals surface area contributed by atoms with Gasteiger partial charge >= 0.3 is 0 Å². The summed E-state index contributed by atoms with van der Waals surface area (Å²) in [5.74, 6) is -0.452. The summed E-state index contributed by atoms with van der Waals surface area (Å²) < 4.78 is 53.6. The van der Waals surface area contributed by atoms with Gasteiger partial charge in [-0.05, 0) is 61.9 Å². The van der Waals surface area contributed by atoms with Crippen molar-refractivity contribution in [2.45, 2.75) is 36.1 Å². The Morgan fingerprint density at radius 2 is 1.50 bits per heavy atom. The highest BCUT2D eigenvalue weighted by molar-refractivity contribution is 7.89. The van der Waals surface area contributed by atoms with Gasteiger partial charge in [-0.3, -0.25) is 4.79 Å². The quantitative estimate of drug-likeness (QED) is 0.479. The summed E-state index contributed by atoms with van der Waals surface area (Å²) in [5.41, 5.74) is 0.666. The maximum Gasteiger partial charge on any atom is 0.255 e. The number of carbonyl (C=O) groups is 1. The van der Waals surface area contributed by atoms with Crippen molar-refractivity contribution in [3.63, 3.8) is 0 Å². The fourth-order valence-corrected chi connectivity index (χ4v) is 4.70. The molecule has 0 bridgehead atoms. The molecule has 0 radical (unpaired) electrons. The van der Waals surface area contributed by atoms with Crippen molar-refractivity contribution in [3.8, 4) is 0 Å². The van der Waals surface area contributed by atoms with E-state index in [1.54, 1.807) is 6.92 Å². The highest BCUT2D eigenvalue weighted by Gasteiger charge is 2.17. The Hall–Kier alpha value is -2.53. The fraction of sp³-hybridized carbons (Fsp3) is 0.250. The molecule has 0 heterocycles. The molecular weight excluding hydrogens is 426 g/mol. The van der Waals surface area contributed by atoms with Crippen LogP contribution < -0.4 is 14.8 Å². The second-order valence-corrected chi connectivity index (χ2v) is 10.1. The summed E-state index contributed by atoms with van der Waals surface area (Å²) in [6.07, 6.45) is 2.09. The molecule has 1 amide bonds. The molecule has 10 heteroatoms. The van der Waals surface area contributed by atoms with Gasteiger partial charge in [-0.25, -0.2) is 26.3 Å². The number of nitrogens with one attached hydrogen (secondary N) is 3. The first-order valence-corrected chi connectivity index (χ1v) is 12.2. The van der Waals surface area contributed by atoms with Crippen molar-refractivity contribution in [2.24, 2.45) is 0 Å². The fourth-order valence-electron chi connectivity index (χ4n) is 2.37. The first-order chi connectivity index (χ1) is 14.1. The molecule has 0 fully saturated rings. The monoisotopic (exact) mass is 451 g/mol. The van der Waals surface area contributed by atoms with Crippen molar-refractivity contribution < 1.29 is 21.6 Å². The summed E-state index contributed by atoms with van der Waals surface area (Å²) in [6, 6.07) is 11.0. The number of hydrogen-bond donors (Lipinski definition) is 3. The molecule has 8 nitrogen and oxygen atoms in total. The molecule has 0 aliphatic rings. The first kappa shape index (κ1) is 23.7. The molecule has 1 atom stereocenters. The zero-order valence-corrected chi connectivity index (χ0v) is 18.4. The second kappa shape index (κ2) is 9.98. The summed E-state index contributed by atoms with van der Waals surface area (Å²) in [6.45, 7) is 7.21. The first-order valence-electron chi connectivity index (χ1n) is 9.23. The molecule has 0 spiro atoms. The minimum atomic E-state index is -3.67. The van der Waals surface area contributed by atoms with E-state index in [0.29, 0.717) is 12.1 Å². The van der Waals surface area contributed by atoms with E-state index in [-0.39, 0.29) is 27.9 Å². The summed E-state index contributed by atoms with van der Waals surface area (Å²) >= 11 is 0. The third kappa shape index (κ3) is 6.23. The van der Waals surface area contributed by atoms with Crippen LogP contribution in [-0.4, -0.2) is 35.3 Å². The van der Waals surface area contributed by atoms with Crippen LogP contribution in [0.4, 0.5) is 5.69 Å². The molecule has 0 aliphatic carbocycles. The van der Waals surface area contributed by atoms with Crippen LogP contribution in [0.5, 0.6) is 0 Å². The topological polar surface area (TPSA) is 121 Å². The normalized spacial score (nSPS) is 12.9. The summed E-state index contributed by atoms with van der Waals surface area (Å²) in [7, 11) is -7.30. The number of carbonyl (C=O) groups excluding carboxylic acids is 1. The predicted molar refractivity (Wildman–Crippen MR) is 116 cm³/mol. The third-order valence-corrected chi connectivity index (χ3v) is 7.28. The van der Waals surface area contributed by atoms with E-state index in [2.05, 4.69) is 21.3 Å². The Balaban J connectivity index is 2.08. The number of rotatable bonds is 10. The molecule has 2 aromatic carbocycles. The lowest BCUT2D eigenvalue weighted by atomic mass is 10.2. The van der Waals surface area contributed by atoms with E-state index < -0.39 is 26.0 Å². The van der Waals surface area contributed by atoms with Gasteiger partial charge in [0, 0.05) is 23.8 Å². The Labute approximate surface area is 177 Å². The van der Waals surface area contributed by atoms with Gasteiger partial charge in [0.2, 0.25) is 20.0 Å². The number of anilines is 1. The van der Waals surface area contributed by atoms with Crippen molar-refractivity contribution in [1.82, 2.24) is 9.44 Å². The Kier molecular flexibility index (Phi) is 7.90. The van der Waals surface area contributed by atoms with Crippen molar-refractivity contribution in [1.29, 1.82) is 0 Å². The number of benzene rings is 2. The van der Waals surface area contributed by atoms with Crippen LogP contribution in [0.25, 0.3) is 0 Å². The minimum Gasteiger partial charge on any atom is -0.322 e. The van der Waals surface area contributed by atoms with Gasteiger partial charge in [0.05, 0.1) is 9.79 Å². The van der Waals surface area contributed by atoms with Gasteiger partial charge in [-0.15, -0.1) is 6.58 Å². The van der Waals surface area contributed by atoms with Gasteiger partial charge in [0.15, 0.2) is 0 Å². The number of amides is 1. The van der Waals surface area contributed by atoms with Crippen LogP contribution >= 0.6 is 0 Å². The van der Waals surface area contributed by atoms with E-state index in [4.69, 9.17) is 0 Å². The molecule has 162 valence electrons. The van der Waals surface area contributed by atoms with Gasteiger partial charge in [-0.1, -0.05) is 13.0 Å². The lowest BCUT2D eigenvalue weighted by Gasteiger charge is -2.12. The SMILES string of the molecule is C=CCNS(=O)(=O)c1ccc(C(=O)Nc2ccc(S(=O)(=O)NC(C)CC)cc2)cc1. The molecule has 0 saturated heterocycles. The predicted octanol–water partition coefficient (Wildman–Crippen LogP) is 2.48. The molecule has 0 aromatic heterocycles. The largest absolute Gasteiger partial charge is 0.322 e. The maximum absolute atomic E-state index is 12.4. The van der Waals surface area contributed by atoms with E-state index >= 15 is 0 Å².